The number of ether oxygens (including phenoxy) is 1. The first kappa shape index (κ1) is 22.6. The zero-order valence-corrected chi connectivity index (χ0v) is 20.0. The quantitative estimate of drug-likeness (QED) is 0.421. The van der Waals surface area contributed by atoms with Crippen molar-refractivity contribution >= 4 is 33.7 Å². The van der Waals surface area contributed by atoms with Gasteiger partial charge in [0.15, 0.2) is 0 Å². The van der Waals surface area contributed by atoms with Crippen molar-refractivity contribution in [1.29, 1.82) is 0 Å². The molecule has 0 saturated carbocycles. The minimum absolute atomic E-state index is 0.0333. The Morgan fingerprint density at radius 2 is 1.71 bits per heavy atom. The normalized spacial score (nSPS) is 18.7. The second kappa shape index (κ2) is 9.95. The lowest BCUT2D eigenvalue weighted by atomic mass is 9.98. The highest BCUT2D eigenvalue weighted by Crippen LogP contribution is 2.44. The fourth-order valence-corrected chi connectivity index (χ4v) is 5.08. The second-order valence-corrected chi connectivity index (χ2v) is 9.42. The number of nitrogens with one attached hydrogen (secondary N) is 3. The Kier molecular flexibility index (Phi) is 6.60. The van der Waals surface area contributed by atoms with E-state index in [0.717, 1.165) is 0 Å². The number of hydrogen-bond donors (Lipinski definition) is 3. The van der Waals surface area contributed by atoms with Crippen molar-refractivity contribution in [2.75, 3.05) is 25.0 Å². The molecular formula is C26H25BrN4O3. The largest absolute Gasteiger partial charge is 0.449 e. The van der Waals surface area contributed by atoms with Crippen LogP contribution in [0.25, 0.3) is 11.1 Å². The van der Waals surface area contributed by atoms with Crippen LogP contribution in [0.4, 0.5) is 10.6 Å². The summed E-state index contributed by atoms with van der Waals surface area (Å²) in [4.78, 5) is 29.2. The highest BCUT2D eigenvalue weighted by Gasteiger charge is 2.31. The maximum absolute atomic E-state index is 12.5. The molecule has 7 nitrogen and oxygen atoms in total. The molecule has 174 valence electrons. The Morgan fingerprint density at radius 3 is 2.41 bits per heavy atom. The molecule has 3 aromatic rings. The van der Waals surface area contributed by atoms with Gasteiger partial charge in [-0.05, 0) is 62.7 Å². The summed E-state index contributed by atoms with van der Waals surface area (Å²) < 4.78 is 6.26. The first-order valence-electron chi connectivity index (χ1n) is 11.3. The zero-order valence-electron chi connectivity index (χ0n) is 18.5. The van der Waals surface area contributed by atoms with E-state index in [2.05, 4.69) is 61.1 Å². The molecule has 1 aliphatic heterocycles. The molecule has 1 aliphatic carbocycles. The standard InChI is InChI=1S/C26H25BrN4O3/c27-23-10-5-11-24(30-23)31-25(32)22-12-16(13-28-22)14-29-26(33)34-15-21-19-8-3-1-6-17(19)18-7-2-4-9-20(18)21/h1-11,16,21-22,28H,12-15H2,(H,29,33)(H,30,31,32)/t16-,22+/m1/s1. The number of alkyl carbamates (subject to hydrolysis) is 1. The predicted octanol–water partition coefficient (Wildman–Crippen LogP) is 4.30. The molecule has 2 atom stereocenters. The highest BCUT2D eigenvalue weighted by molar-refractivity contribution is 9.10. The average Bonchev–Trinajstić information content (AvgIpc) is 3.45. The van der Waals surface area contributed by atoms with Crippen molar-refractivity contribution in [2.24, 2.45) is 5.92 Å². The number of nitrogens with zero attached hydrogens (tertiary/aromatic N) is 1. The third-order valence-corrected chi connectivity index (χ3v) is 6.83. The van der Waals surface area contributed by atoms with Gasteiger partial charge in [-0.15, -0.1) is 0 Å². The van der Waals surface area contributed by atoms with Crippen molar-refractivity contribution in [1.82, 2.24) is 15.6 Å². The van der Waals surface area contributed by atoms with Gasteiger partial charge in [0.25, 0.3) is 0 Å². The molecule has 1 saturated heterocycles. The summed E-state index contributed by atoms with van der Waals surface area (Å²) in [6.07, 6.45) is 0.192. The van der Waals surface area contributed by atoms with Crippen LogP contribution in [0, 0.1) is 5.92 Å². The Balaban J connectivity index is 1.10. The van der Waals surface area contributed by atoms with E-state index in [4.69, 9.17) is 4.74 Å². The van der Waals surface area contributed by atoms with E-state index < -0.39 is 6.09 Å². The van der Waals surface area contributed by atoms with Gasteiger partial charge in [-0.3, -0.25) is 4.79 Å². The molecule has 0 bridgehead atoms. The van der Waals surface area contributed by atoms with Gasteiger partial charge in [0, 0.05) is 19.0 Å². The Hall–Kier alpha value is -3.23. The number of benzene rings is 2. The molecule has 0 spiro atoms. The van der Waals surface area contributed by atoms with E-state index in [1.165, 1.54) is 22.3 Å². The van der Waals surface area contributed by atoms with E-state index in [9.17, 15) is 9.59 Å². The van der Waals surface area contributed by atoms with Crippen LogP contribution >= 0.6 is 15.9 Å². The smallest absolute Gasteiger partial charge is 0.407 e. The number of hydrogen-bond acceptors (Lipinski definition) is 5. The molecule has 1 fully saturated rings. The molecule has 8 heteroatoms. The van der Waals surface area contributed by atoms with Crippen LogP contribution in [0.5, 0.6) is 0 Å². The number of aromatic nitrogens is 1. The van der Waals surface area contributed by atoms with Gasteiger partial charge in [0.1, 0.15) is 17.0 Å². The molecule has 34 heavy (non-hydrogen) atoms. The van der Waals surface area contributed by atoms with Gasteiger partial charge in [-0.2, -0.15) is 0 Å². The van der Waals surface area contributed by atoms with E-state index in [0.29, 0.717) is 29.9 Å². The second-order valence-electron chi connectivity index (χ2n) is 8.60. The van der Waals surface area contributed by atoms with Crippen molar-refractivity contribution < 1.29 is 14.3 Å². The number of carbonyl (C=O) groups is 2. The lowest BCUT2D eigenvalue weighted by Gasteiger charge is -2.15. The number of rotatable bonds is 6. The molecular weight excluding hydrogens is 496 g/mol. The van der Waals surface area contributed by atoms with E-state index in [1.807, 2.05) is 30.3 Å². The SMILES string of the molecule is O=C(NC[C@H]1CN[C@H](C(=O)Nc2cccc(Br)n2)C1)OCC1c2ccccc2-c2ccccc21. The van der Waals surface area contributed by atoms with Crippen LogP contribution in [0.3, 0.4) is 0 Å². The first-order chi connectivity index (χ1) is 16.6. The summed E-state index contributed by atoms with van der Waals surface area (Å²) >= 11 is 3.30. The van der Waals surface area contributed by atoms with Crippen LogP contribution < -0.4 is 16.0 Å². The molecule has 2 heterocycles. The zero-order chi connectivity index (χ0) is 23.5. The van der Waals surface area contributed by atoms with Crippen LogP contribution in [0.2, 0.25) is 0 Å². The summed E-state index contributed by atoms with van der Waals surface area (Å²) in [5.41, 5.74) is 4.77. The fourth-order valence-electron chi connectivity index (χ4n) is 4.73. The molecule has 0 radical (unpaired) electrons. The number of amides is 2. The molecule has 0 unspecified atom stereocenters. The van der Waals surface area contributed by atoms with Crippen LogP contribution in [-0.4, -0.2) is 42.7 Å². The summed E-state index contributed by atoms with van der Waals surface area (Å²) in [5.74, 6) is 0.549. The third kappa shape index (κ3) is 4.83. The van der Waals surface area contributed by atoms with Gasteiger partial charge in [0.05, 0.1) is 6.04 Å². The fraction of sp³-hybridized carbons (Fsp3) is 0.269. The van der Waals surface area contributed by atoms with Crippen LogP contribution in [0.1, 0.15) is 23.5 Å². The van der Waals surface area contributed by atoms with E-state index in [-0.39, 0.29) is 30.4 Å². The van der Waals surface area contributed by atoms with Gasteiger partial charge in [-0.1, -0.05) is 54.6 Å². The summed E-state index contributed by atoms with van der Waals surface area (Å²) in [6, 6.07) is 21.6. The molecule has 3 N–H and O–H groups in total. The monoisotopic (exact) mass is 520 g/mol. The summed E-state index contributed by atoms with van der Waals surface area (Å²) in [7, 11) is 0. The maximum atomic E-state index is 12.5. The first-order valence-corrected chi connectivity index (χ1v) is 12.1. The van der Waals surface area contributed by atoms with Crippen LogP contribution in [-0.2, 0) is 9.53 Å². The molecule has 2 aromatic carbocycles. The number of anilines is 1. The van der Waals surface area contributed by atoms with Crippen molar-refractivity contribution in [3.8, 4) is 11.1 Å². The highest BCUT2D eigenvalue weighted by atomic mass is 79.9. The van der Waals surface area contributed by atoms with Gasteiger partial charge in [0.2, 0.25) is 5.91 Å². The maximum Gasteiger partial charge on any atom is 0.407 e. The third-order valence-electron chi connectivity index (χ3n) is 6.38. The summed E-state index contributed by atoms with van der Waals surface area (Å²) in [5, 5.41) is 8.91. The van der Waals surface area contributed by atoms with E-state index >= 15 is 0 Å². The molecule has 1 aromatic heterocycles. The predicted molar refractivity (Wildman–Crippen MR) is 134 cm³/mol. The minimum atomic E-state index is -0.437. The lowest BCUT2D eigenvalue weighted by molar-refractivity contribution is -0.117. The Morgan fingerprint density at radius 1 is 1.00 bits per heavy atom. The van der Waals surface area contributed by atoms with Crippen molar-refractivity contribution in [3.63, 3.8) is 0 Å². The average molecular weight is 521 g/mol. The van der Waals surface area contributed by atoms with Gasteiger partial charge in [-0.25, -0.2) is 9.78 Å². The van der Waals surface area contributed by atoms with Gasteiger partial charge >= 0.3 is 6.09 Å². The van der Waals surface area contributed by atoms with Gasteiger partial charge < -0.3 is 20.7 Å². The Labute approximate surface area is 206 Å². The van der Waals surface area contributed by atoms with Crippen molar-refractivity contribution in [3.05, 3.63) is 82.5 Å². The van der Waals surface area contributed by atoms with Crippen molar-refractivity contribution in [2.45, 2.75) is 18.4 Å². The topological polar surface area (TPSA) is 92.4 Å². The minimum Gasteiger partial charge on any atom is -0.449 e. The molecule has 2 amide bonds. The lowest BCUT2D eigenvalue weighted by Crippen LogP contribution is -2.35. The Bertz CT molecular complexity index is 1170. The molecule has 5 rings (SSSR count). The number of pyridine rings is 1. The van der Waals surface area contributed by atoms with E-state index in [1.54, 1.807) is 12.1 Å². The number of fused-ring (bicyclic) bond motifs is 3. The molecule has 2 aliphatic rings. The van der Waals surface area contributed by atoms with Crippen LogP contribution in [0.15, 0.2) is 71.3 Å². The summed E-state index contributed by atoms with van der Waals surface area (Å²) in [6.45, 7) is 1.38. The number of carbonyl (C=O) groups excluding carboxylic acids is 2. The number of halogens is 1.